The molecular formula is C13H14ClN3O2S. The van der Waals surface area contributed by atoms with E-state index in [1.807, 2.05) is 0 Å². The Hall–Kier alpha value is -1.53. The van der Waals surface area contributed by atoms with Crippen molar-refractivity contribution in [3.63, 3.8) is 0 Å². The molecule has 1 atom stereocenters. The molecule has 1 aromatic carbocycles. The van der Waals surface area contributed by atoms with Crippen LogP contribution in [0.1, 0.15) is 6.42 Å². The molecule has 1 fully saturated rings. The molecule has 0 saturated carbocycles. The SMILES string of the molecule is CN=C1SC(CC(=O)Nc2ccccc2Cl)C(=O)N1C. The minimum atomic E-state index is -0.429. The van der Waals surface area contributed by atoms with Gasteiger partial charge in [-0.2, -0.15) is 0 Å². The van der Waals surface area contributed by atoms with Crippen molar-refractivity contribution < 1.29 is 9.59 Å². The number of benzene rings is 1. The van der Waals surface area contributed by atoms with E-state index in [-0.39, 0.29) is 18.2 Å². The number of nitrogens with zero attached hydrogens (tertiary/aromatic N) is 2. The van der Waals surface area contributed by atoms with Gasteiger partial charge in [-0.15, -0.1) is 0 Å². The van der Waals surface area contributed by atoms with Gasteiger partial charge in [-0.25, -0.2) is 0 Å². The maximum Gasteiger partial charge on any atom is 0.242 e. The molecule has 0 bridgehead atoms. The summed E-state index contributed by atoms with van der Waals surface area (Å²) < 4.78 is 0. The summed E-state index contributed by atoms with van der Waals surface area (Å²) in [5.41, 5.74) is 0.548. The Labute approximate surface area is 126 Å². The standard InChI is InChI=1S/C13H14ClN3O2S/c1-15-13-17(2)12(19)10(20-13)7-11(18)16-9-6-4-3-5-8(9)14/h3-6,10H,7H2,1-2H3,(H,16,18). The molecule has 1 saturated heterocycles. The third-order valence-electron chi connectivity index (χ3n) is 2.85. The van der Waals surface area contributed by atoms with Gasteiger partial charge in [-0.3, -0.25) is 19.5 Å². The van der Waals surface area contributed by atoms with E-state index >= 15 is 0 Å². The van der Waals surface area contributed by atoms with E-state index in [0.717, 1.165) is 0 Å². The van der Waals surface area contributed by atoms with Crippen LogP contribution < -0.4 is 5.32 Å². The number of hydrogen-bond donors (Lipinski definition) is 1. The lowest BCUT2D eigenvalue weighted by molar-refractivity contribution is -0.127. The quantitative estimate of drug-likeness (QED) is 0.931. The Morgan fingerprint density at radius 2 is 2.20 bits per heavy atom. The van der Waals surface area contributed by atoms with Crippen molar-refractivity contribution >= 4 is 46.0 Å². The third-order valence-corrected chi connectivity index (χ3v) is 4.50. The number of rotatable bonds is 3. The zero-order valence-corrected chi connectivity index (χ0v) is 12.7. The highest BCUT2D eigenvalue weighted by molar-refractivity contribution is 8.15. The summed E-state index contributed by atoms with van der Waals surface area (Å²) in [5.74, 6) is -0.348. The van der Waals surface area contributed by atoms with E-state index in [1.54, 1.807) is 38.4 Å². The zero-order valence-electron chi connectivity index (χ0n) is 11.1. The summed E-state index contributed by atoms with van der Waals surface area (Å²) in [5, 5.41) is 3.38. The van der Waals surface area contributed by atoms with Crippen LogP contribution in [-0.4, -0.2) is 41.2 Å². The summed E-state index contributed by atoms with van der Waals surface area (Å²) in [7, 11) is 3.28. The molecule has 106 valence electrons. The Balaban J connectivity index is 1.99. The van der Waals surface area contributed by atoms with Gasteiger partial charge in [0.15, 0.2) is 5.17 Å². The maximum atomic E-state index is 12.0. The highest BCUT2D eigenvalue weighted by atomic mass is 35.5. The Morgan fingerprint density at radius 3 is 2.80 bits per heavy atom. The van der Waals surface area contributed by atoms with Crippen LogP contribution in [0.25, 0.3) is 0 Å². The molecule has 1 heterocycles. The smallest absolute Gasteiger partial charge is 0.242 e. The number of para-hydroxylation sites is 1. The highest BCUT2D eigenvalue weighted by Gasteiger charge is 2.36. The van der Waals surface area contributed by atoms with Crippen LogP contribution in [0, 0.1) is 0 Å². The number of hydrogen-bond acceptors (Lipinski definition) is 4. The Morgan fingerprint density at radius 1 is 1.50 bits per heavy atom. The van der Waals surface area contributed by atoms with Crippen molar-refractivity contribution in [2.75, 3.05) is 19.4 Å². The van der Waals surface area contributed by atoms with Crippen LogP contribution in [0.15, 0.2) is 29.3 Å². The highest BCUT2D eigenvalue weighted by Crippen LogP contribution is 2.29. The molecule has 1 N–H and O–H groups in total. The first-order chi connectivity index (χ1) is 9.52. The van der Waals surface area contributed by atoms with Gasteiger partial charge in [-0.1, -0.05) is 35.5 Å². The lowest BCUT2D eigenvalue weighted by Crippen LogP contribution is -2.30. The van der Waals surface area contributed by atoms with Crippen molar-refractivity contribution in [1.82, 2.24) is 4.90 Å². The van der Waals surface area contributed by atoms with Gasteiger partial charge in [0.05, 0.1) is 10.7 Å². The van der Waals surface area contributed by atoms with E-state index < -0.39 is 5.25 Å². The maximum absolute atomic E-state index is 12.0. The average molecular weight is 312 g/mol. The fourth-order valence-electron chi connectivity index (χ4n) is 1.83. The van der Waals surface area contributed by atoms with Crippen molar-refractivity contribution in [2.45, 2.75) is 11.7 Å². The van der Waals surface area contributed by atoms with Crippen LogP contribution in [0.4, 0.5) is 5.69 Å². The zero-order chi connectivity index (χ0) is 14.7. The lowest BCUT2D eigenvalue weighted by atomic mass is 10.2. The summed E-state index contributed by atoms with van der Waals surface area (Å²) >= 11 is 7.27. The molecule has 1 aliphatic heterocycles. The Kier molecular flexibility index (Phi) is 4.67. The molecule has 0 radical (unpaired) electrons. The first-order valence-corrected chi connectivity index (χ1v) is 7.24. The third kappa shape index (κ3) is 3.13. The fourth-order valence-corrected chi connectivity index (χ4v) is 3.12. The molecule has 7 heteroatoms. The summed E-state index contributed by atoms with van der Waals surface area (Å²) in [6.07, 6.45) is 0.0953. The van der Waals surface area contributed by atoms with Crippen LogP contribution in [0.2, 0.25) is 5.02 Å². The molecule has 20 heavy (non-hydrogen) atoms. The molecule has 5 nitrogen and oxygen atoms in total. The minimum Gasteiger partial charge on any atom is -0.325 e. The number of nitrogens with one attached hydrogen (secondary N) is 1. The van der Waals surface area contributed by atoms with E-state index in [4.69, 9.17) is 11.6 Å². The molecule has 1 unspecified atom stereocenters. The summed E-state index contributed by atoms with van der Waals surface area (Å²) in [6, 6.07) is 6.98. The first kappa shape index (κ1) is 14.9. The number of amides is 2. The van der Waals surface area contributed by atoms with E-state index in [0.29, 0.717) is 15.9 Å². The van der Waals surface area contributed by atoms with E-state index in [1.165, 1.54) is 16.7 Å². The van der Waals surface area contributed by atoms with Crippen LogP contribution in [0.3, 0.4) is 0 Å². The van der Waals surface area contributed by atoms with Gasteiger partial charge >= 0.3 is 0 Å². The first-order valence-electron chi connectivity index (χ1n) is 5.98. The summed E-state index contributed by atoms with van der Waals surface area (Å²) in [6.45, 7) is 0. The van der Waals surface area contributed by atoms with E-state index in [9.17, 15) is 9.59 Å². The fraction of sp³-hybridized carbons (Fsp3) is 0.308. The number of halogens is 1. The number of amidine groups is 1. The number of thioether (sulfide) groups is 1. The Bertz CT molecular complexity index is 576. The number of aliphatic imine (C=N–C) groups is 1. The van der Waals surface area contributed by atoms with Crippen LogP contribution >= 0.6 is 23.4 Å². The van der Waals surface area contributed by atoms with Crippen molar-refractivity contribution in [1.29, 1.82) is 0 Å². The van der Waals surface area contributed by atoms with E-state index in [2.05, 4.69) is 10.3 Å². The van der Waals surface area contributed by atoms with Gasteiger partial charge < -0.3 is 5.32 Å². The van der Waals surface area contributed by atoms with Crippen LogP contribution in [0.5, 0.6) is 0 Å². The summed E-state index contributed by atoms with van der Waals surface area (Å²) in [4.78, 5) is 29.4. The molecule has 2 amide bonds. The molecular weight excluding hydrogens is 298 g/mol. The van der Waals surface area contributed by atoms with Crippen molar-refractivity contribution in [3.05, 3.63) is 29.3 Å². The average Bonchev–Trinajstić information content (AvgIpc) is 2.69. The second-order valence-corrected chi connectivity index (χ2v) is 5.82. The molecule has 0 aromatic heterocycles. The molecule has 1 aliphatic rings. The monoisotopic (exact) mass is 311 g/mol. The second-order valence-electron chi connectivity index (χ2n) is 4.24. The topological polar surface area (TPSA) is 61.8 Å². The van der Waals surface area contributed by atoms with Gasteiger partial charge in [0.2, 0.25) is 11.8 Å². The second kappa shape index (κ2) is 6.28. The number of carbonyl (C=O) groups excluding carboxylic acids is 2. The predicted octanol–water partition coefficient (Wildman–Crippen LogP) is 2.23. The normalized spacial score (nSPS) is 20.6. The van der Waals surface area contributed by atoms with Gasteiger partial charge in [0, 0.05) is 20.5 Å². The van der Waals surface area contributed by atoms with Gasteiger partial charge in [-0.05, 0) is 12.1 Å². The minimum absolute atomic E-state index is 0.0953. The number of carbonyl (C=O) groups is 2. The predicted molar refractivity (Wildman–Crippen MR) is 82.2 cm³/mol. The van der Waals surface area contributed by atoms with Gasteiger partial charge in [0.25, 0.3) is 0 Å². The largest absolute Gasteiger partial charge is 0.325 e. The molecule has 0 spiro atoms. The lowest BCUT2D eigenvalue weighted by Gasteiger charge is -2.09. The molecule has 2 rings (SSSR count). The van der Waals surface area contributed by atoms with Crippen molar-refractivity contribution in [3.8, 4) is 0 Å². The molecule has 0 aliphatic carbocycles. The van der Waals surface area contributed by atoms with Gasteiger partial charge in [0.1, 0.15) is 5.25 Å². The van der Waals surface area contributed by atoms with Crippen molar-refractivity contribution in [2.24, 2.45) is 4.99 Å². The molecule has 1 aromatic rings. The number of anilines is 1. The van der Waals surface area contributed by atoms with Crippen LogP contribution in [-0.2, 0) is 9.59 Å².